The number of carbonyl (C=O) groups excluding carboxylic acids is 1. The number of nitrogens with one attached hydrogen (secondary N) is 2. The van der Waals surface area contributed by atoms with Crippen LogP contribution in [0, 0.1) is 18.3 Å². The normalized spacial score (nSPS) is 11.4. The molecular formula is C26H28ClN5O3. The Balaban J connectivity index is 1.84. The Morgan fingerprint density at radius 1 is 1.29 bits per heavy atom. The lowest BCUT2D eigenvalue weighted by molar-refractivity contribution is 0.102. The zero-order valence-corrected chi connectivity index (χ0v) is 20.9. The van der Waals surface area contributed by atoms with Crippen LogP contribution in [0.1, 0.15) is 66.1 Å². The second-order valence-corrected chi connectivity index (χ2v) is 8.48. The number of nitriles is 1. The highest BCUT2D eigenvalue weighted by atomic mass is 35.5. The fourth-order valence-electron chi connectivity index (χ4n) is 3.88. The molecule has 0 aliphatic rings. The third-order valence-corrected chi connectivity index (χ3v) is 6.13. The molecule has 0 spiro atoms. The number of hydrogen-bond acceptors (Lipinski definition) is 7. The summed E-state index contributed by atoms with van der Waals surface area (Å²) in [5.41, 5.74) is 3.11. The van der Waals surface area contributed by atoms with Gasteiger partial charge in [0, 0.05) is 17.4 Å². The first-order chi connectivity index (χ1) is 16.8. The minimum Gasteiger partial charge on any atom is -0.508 e. The van der Waals surface area contributed by atoms with Gasteiger partial charge in [-0.1, -0.05) is 37.9 Å². The minimum atomic E-state index is -0.540. The summed E-state index contributed by atoms with van der Waals surface area (Å²) in [5.74, 6) is 0.0700. The van der Waals surface area contributed by atoms with E-state index in [9.17, 15) is 15.2 Å². The van der Waals surface area contributed by atoms with Gasteiger partial charge in [0.1, 0.15) is 11.3 Å². The van der Waals surface area contributed by atoms with Crippen molar-refractivity contribution in [2.75, 3.05) is 17.7 Å². The van der Waals surface area contributed by atoms with Gasteiger partial charge in [-0.2, -0.15) is 10.2 Å². The van der Waals surface area contributed by atoms with Crippen LogP contribution >= 0.6 is 11.6 Å². The SMILES string of the molecule is CCCC(CC)c1ccc(Nc2ncc(C(=O)Nc3c(Cl)ccc(O)c3C)c(OC)n2)cc1C#N. The van der Waals surface area contributed by atoms with E-state index in [1.807, 2.05) is 12.1 Å². The van der Waals surface area contributed by atoms with Crippen molar-refractivity contribution in [3.63, 3.8) is 0 Å². The number of phenols is 1. The first-order valence-electron chi connectivity index (χ1n) is 11.3. The first kappa shape index (κ1) is 25.8. The number of carbonyl (C=O) groups is 1. The van der Waals surface area contributed by atoms with Crippen LogP contribution in [-0.4, -0.2) is 28.1 Å². The van der Waals surface area contributed by atoms with Crippen molar-refractivity contribution in [2.24, 2.45) is 0 Å². The second-order valence-electron chi connectivity index (χ2n) is 8.07. The maximum absolute atomic E-state index is 12.9. The molecule has 2 aromatic carbocycles. The van der Waals surface area contributed by atoms with Crippen molar-refractivity contribution >= 4 is 34.8 Å². The van der Waals surface area contributed by atoms with Crippen LogP contribution < -0.4 is 15.4 Å². The zero-order valence-electron chi connectivity index (χ0n) is 20.1. The quantitative estimate of drug-likeness (QED) is 0.319. The van der Waals surface area contributed by atoms with Crippen molar-refractivity contribution < 1.29 is 14.6 Å². The van der Waals surface area contributed by atoms with E-state index in [0.717, 1.165) is 24.8 Å². The van der Waals surface area contributed by atoms with Gasteiger partial charge in [-0.15, -0.1) is 0 Å². The van der Waals surface area contributed by atoms with Crippen LogP contribution in [0.25, 0.3) is 0 Å². The Morgan fingerprint density at radius 2 is 2.06 bits per heavy atom. The maximum atomic E-state index is 12.9. The highest BCUT2D eigenvalue weighted by molar-refractivity contribution is 6.34. The lowest BCUT2D eigenvalue weighted by Gasteiger charge is -2.17. The molecule has 0 bridgehead atoms. The number of aromatic nitrogens is 2. The summed E-state index contributed by atoms with van der Waals surface area (Å²) in [6, 6.07) is 10.9. The highest BCUT2D eigenvalue weighted by Crippen LogP contribution is 2.33. The van der Waals surface area contributed by atoms with Crippen molar-refractivity contribution in [2.45, 2.75) is 46.0 Å². The van der Waals surface area contributed by atoms with Crippen molar-refractivity contribution in [1.29, 1.82) is 5.26 Å². The molecule has 1 heterocycles. The predicted octanol–water partition coefficient (Wildman–Crippen LogP) is 6.31. The molecule has 3 aromatic rings. The number of rotatable bonds is 9. The van der Waals surface area contributed by atoms with Crippen LogP contribution in [0.4, 0.5) is 17.3 Å². The number of ether oxygens (including phenoxy) is 1. The highest BCUT2D eigenvalue weighted by Gasteiger charge is 2.19. The molecule has 8 nitrogen and oxygen atoms in total. The summed E-state index contributed by atoms with van der Waals surface area (Å²) in [4.78, 5) is 21.4. The molecule has 0 saturated heterocycles. The molecule has 3 N–H and O–H groups in total. The molecule has 1 amide bonds. The smallest absolute Gasteiger partial charge is 0.262 e. The Kier molecular flexibility index (Phi) is 8.50. The van der Waals surface area contributed by atoms with Crippen molar-refractivity contribution in [3.05, 3.63) is 63.8 Å². The maximum Gasteiger partial charge on any atom is 0.262 e. The Hall–Kier alpha value is -3.83. The monoisotopic (exact) mass is 493 g/mol. The third-order valence-electron chi connectivity index (χ3n) is 5.82. The average molecular weight is 494 g/mol. The summed E-state index contributed by atoms with van der Waals surface area (Å²) in [7, 11) is 1.40. The van der Waals surface area contributed by atoms with Crippen LogP contribution in [0.15, 0.2) is 36.5 Å². The fourth-order valence-corrected chi connectivity index (χ4v) is 4.14. The third kappa shape index (κ3) is 5.81. The largest absolute Gasteiger partial charge is 0.508 e. The molecule has 0 saturated carbocycles. The number of nitrogens with zero attached hydrogens (tertiary/aromatic N) is 3. The molecule has 0 aliphatic heterocycles. The van der Waals surface area contributed by atoms with Gasteiger partial charge in [0.05, 0.1) is 29.5 Å². The van der Waals surface area contributed by atoms with Crippen LogP contribution in [-0.2, 0) is 0 Å². The summed E-state index contributed by atoms with van der Waals surface area (Å²) in [6.07, 6.45) is 4.37. The standard InChI is InChI=1S/C26H28ClN5O3/c1-5-7-16(6-2)19-9-8-18(12-17(19)13-28)30-26-29-14-20(25(32-26)35-4)24(34)31-23-15(3)22(33)11-10-21(23)27/h8-12,14,16,33H,5-7H2,1-4H3,(H,31,34)(H,29,30,32). The van der Waals surface area contributed by atoms with E-state index < -0.39 is 5.91 Å². The molecule has 0 aliphatic carbocycles. The van der Waals surface area contributed by atoms with Gasteiger partial charge in [0.25, 0.3) is 5.91 Å². The van der Waals surface area contributed by atoms with Crippen LogP contribution in [0.2, 0.25) is 5.02 Å². The number of benzene rings is 2. The van der Waals surface area contributed by atoms with E-state index in [-0.39, 0.29) is 28.2 Å². The Morgan fingerprint density at radius 3 is 2.71 bits per heavy atom. The zero-order chi connectivity index (χ0) is 25.5. The first-order valence-corrected chi connectivity index (χ1v) is 11.7. The number of halogens is 1. The van der Waals surface area contributed by atoms with Gasteiger partial charge in [0.2, 0.25) is 11.8 Å². The number of phenolic OH excluding ortho intramolecular Hbond substituents is 1. The summed E-state index contributed by atoms with van der Waals surface area (Å²) >= 11 is 6.18. The molecular weight excluding hydrogens is 466 g/mol. The molecule has 1 unspecified atom stereocenters. The molecule has 0 radical (unpaired) electrons. The fraction of sp³-hybridized carbons (Fsp3) is 0.308. The molecule has 182 valence electrons. The van der Waals surface area contributed by atoms with Crippen LogP contribution in [0.3, 0.4) is 0 Å². The Bertz CT molecular complexity index is 1270. The van der Waals surface area contributed by atoms with E-state index in [2.05, 4.69) is 40.5 Å². The number of aromatic hydroxyl groups is 1. The molecule has 1 atom stereocenters. The number of methoxy groups -OCH3 is 1. The van der Waals surface area contributed by atoms with E-state index in [0.29, 0.717) is 28.4 Å². The summed E-state index contributed by atoms with van der Waals surface area (Å²) < 4.78 is 5.32. The van der Waals surface area contributed by atoms with Gasteiger partial charge in [-0.3, -0.25) is 4.79 Å². The second kappa shape index (κ2) is 11.5. The Labute approximate surface area is 209 Å². The number of amides is 1. The number of hydrogen-bond donors (Lipinski definition) is 3. The molecule has 3 rings (SSSR count). The van der Waals surface area contributed by atoms with E-state index >= 15 is 0 Å². The lowest BCUT2D eigenvalue weighted by Crippen LogP contribution is -2.16. The van der Waals surface area contributed by atoms with E-state index in [4.69, 9.17) is 16.3 Å². The molecule has 35 heavy (non-hydrogen) atoms. The topological polar surface area (TPSA) is 120 Å². The van der Waals surface area contributed by atoms with Gasteiger partial charge in [0.15, 0.2) is 0 Å². The summed E-state index contributed by atoms with van der Waals surface area (Å²) in [5, 5.41) is 25.6. The van der Waals surface area contributed by atoms with Crippen LogP contribution in [0.5, 0.6) is 11.6 Å². The van der Waals surface area contributed by atoms with Gasteiger partial charge in [-0.05, 0) is 55.5 Å². The van der Waals surface area contributed by atoms with E-state index in [1.54, 1.807) is 13.0 Å². The molecule has 1 aromatic heterocycles. The minimum absolute atomic E-state index is 0.00942. The van der Waals surface area contributed by atoms with Crippen molar-refractivity contribution in [3.8, 4) is 17.7 Å². The average Bonchev–Trinajstić information content (AvgIpc) is 2.87. The van der Waals surface area contributed by atoms with Gasteiger partial charge >= 0.3 is 0 Å². The number of anilines is 3. The van der Waals surface area contributed by atoms with E-state index in [1.165, 1.54) is 25.4 Å². The predicted molar refractivity (Wildman–Crippen MR) is 137 cm³/mol. The van der Waals surface area contributed by atoms with Gasteiger partial charge in [-0.25, -0.2) is 4.98 Å². The van der Waals surface area contributed by atoms with Crippen molar-refractivity contribution in [1.82, 2.24) is 9.97 Å². The van der Waals surface area contributed by atoms with Gasteiger partial charge < -0.3 is 20.5 Å². The molecule has 9 heteroatoms. The lowest BCUT2D eigenvalue weighted by atomic mass is 9.89. The molecule has 0 fully saturated rings. The summed E-state index contributed by atoms with van der Waals surface area (Å²) in [6.45, 7) is 5.91.